The second-order valence-electron chi connectivity index (χ2n) is 3.31. The van der Waals surface area contributed by atoms with Crippen LogP contribution in [0.5, 0.6) is 0 Å². The molecular formula is C10H8BrFO2. The van der Waals surface area contributed by atoms with E-state index in [4.69, 9.17) is 4.74 Å². The molecule has 2 rings (SSSR count). The van der Waals surface area contributed by atoms with E-state index in [-0.39, 0.29) is 11.9 Å². The standard InChI is InChI=1S/C10H8BrFO2/c1-5-4-7-6(10(13)14-5)2-3-8(11)9(7)12/h2-3,5H,4H2,1H3/t5-/m0/s1. The van der Waals surface area contributed by atoms with Crippen LogP contribution >= 0.6 is 15.9 Å². The van der Waals surface area contributed by atoms with Crippen LogP contribution in [-0.4, -0.2) is 12.1 Å². The molecule has 0 aromatic heterocycles. The van der Waals surface area contributed by atoms with E-state index in [0.29, 0.717) is 22.0 Å². The minimum Gasteiger partial charge on any atom is -0.459 e. The van der Waals surface area contributed by atoms with Crippen molar-refractivity contribution in [3.63, 3.8) is 0 Å². The fourth-order valence-corrected chi connectivity index (χ4v) is 1.93. The molecule has 0 fully saturated rings. The number of carbonyl (C=O) groups excluding carboxylic acids is 1. The highest BCUT2D eigenvalue weighted by Crippen LogP contribution is 2.27. The summed E-state index contributed by atoms with van der Waals surface area (Å²) in [4.78, 5) is 11.4. The van der Waals surface area contributed by atoms with E-state index < -0.39 is 5.97 Å². The van der Waals surface area contributed by atoms with Gasteiger partial charge in [0.15, 0.2) is 0 Å². The molecule has 0 aliphatic carbocycles. The summed E-state index contributed by atoms with van der Waals surface area (Å²) in [6.07, 6.45) is 0.186. The van der Waals surface area contributed by atoms with E-state index in [1.165, 1.54) is 6.07 Å². The Balaban J connectivity index is 2.59. The van der Waals surface area contributed by atoms with Gasteiger partial charge in [0, 0.05) is 12.0 Å². The smallest absolute Gasteiger partial charge is 0.338 e. The van der Waals surface area contributed by atoms with Crippen molar-refractivity contribution in [1.29, 1.82) is 0 Å². The van der Waals surface area contributed by atoms with Gasteiger partial charge >= 0.3 is 5.97 Å². The quantitative estimate of drug-likeness (QED) is 0.669. The topological polar surface area (TPSA) is 26.3 Å². The van der Waals surface area contributed by atoms with Crippen molar-refractivity contribution in [2.24, 2.45) is 0 Å². The molecule has 0 radical (unpaired) electrons. The number of esters is 1. The van der Waals surface area contributed by atoms with Gasteiger partial charge in [0.2, 0.25) is 0 Å². The third-order valence-electron chi connectivity index (χ3n) is 2.22. The number of hydrogen-bond acceptors (Lipinski definition) is 2. The number of rotatable bonds is 0. The van der Waals surface area contributed by atoms with Crippen molar-refractivity contribution in [2.45, 2.75) is 19.4 Å². The fraction of sp³-hybridized carbons (Fsp3) is 0.300. The summed E-state index contributed by atoms with van der Waals surface area (Å²) in [6.45, 7) is 1.75. The van der Waals surface area contributed by atoms with Gasteiger partial charge in [-0.3, -0.25) is 0 Å². The average molecular weight is 259 g/mol. The van der Waals surface area contributed by atoms with E-state index in [0.717, 1.165) is 0 Å². The zero-order chi connectivity index (χ0) is 10.3. The molecule has 0 saturated carbocycles. The van der Waals surface area contributed by atoms with Gasteiger partial charge in [-0.25, -0.2) is 9.18 Å². The van der Waals surface area contributed by atoms with E-state index in [2.05, 4.69) is 15.9 Å². The maximum absolute atomic E-state index is 13.6. The summed E-state index contributed by atoms with van der Waals surface area (Å²) < 4.78 is 18.9. The maximum Gasteiger partial charge on any atom is 0.338 e. The van der Waals surface area contributed by atoms with E-state index >= 15 is 0 Å². The van der Waals surface area contributed by atoms with Crippen molar-refractivity contribution >= 4 is 21.9 Å². The first-order chi connectivity index (χ1) is 6.59. The second kappa shape index (κ2) is 3.35. The molecule has 0 spiro atoms. The lowest BCUT2D eigenvalue weighted by Gasteiger charge is -2.22. The Bertz CT molecular complexity index is 403. The highest BCUT2D eigenvalue weighted by Gasteiger charge is 2.26. The third kappa shape index (κ3) is 1.43. The van der Waals surface area contributed by atoms with Crippen molar-refractivity contribution in [3.8, 4) is 0 Å². The molecule has 1 aliphatic rings. The number of cyclic esters (lactones) is 1. The van der Waals surface area contributed by atoms with Crippen LogP contribution in [0.25, 0.3) is 0 Å². The molecular weight excluding hydrogens is 251 g/mol. The van der Waals surface area contributed by atoms with Gasteiger partial charge in [0.1, 0.15) is 11.9 Å². The van der Waals surface area contributed by atoms with E-state index in [1.807, 2.05) is 0 Å². The first-order valence-corrected chi connectivity index (χ1v) is 5.06. The molecule has 1 aromatic rings. The van der Waals surface area contributed by atoms with Crippen molar-refractivity contribution < 1.29 is 13.9 Å². The molecule has 4 heteroatoms. The van der Waals surface area contributed by atoms with E-state index in [9.17, 15) is 9.18 Å². The van der Waals surface area contributed by atoms with E-state index in [1.54, 1.807) is 13.0 Å². The second-order valence-corrected chi connectivity index (χ2v) is 4.16. The highest BCUT2D eigenvalue weighted by atomic mass is 79.9. The molecule has 2 nitrogen and oxygen atoms in total. The van der Waals surface area contributed by atoms with Crippen LogP contribution in [0.2, 0.25) is 0 Å². The lowest BCUT2D eigenvalue weighted by Crippen LogP contribution is -2.26. The fourth-order valence-electron chi connectivity index (χ4n) is 1.56. The molecule has 14 heavy (non-hydrogen) atoms. The maximum atomic E-state index is 13.6. The molecule has 0 amide bonds. The minimum atomic E-state index is -0.440. The predicted octanol–water partition coefficient (Wildman–Crippen LogP) is 2.69. The summed E-state index contributed by atoms with van der Waals surface area (Å²) in [5.74, 6) is -0.795. The lowest BCUT2D eigenvalue weighted by molar-refractivity contribution is 0.0297. The Morgan fingerprint density at radius 3 is 3.00 bits per heavy atom. The lowest BCUT2D eigenvalue weighted by atomic mass is 9.99. The van der Waals surface area contributed by atoms with Gasteiger partial charge in [0.25, 0.3) is 0 Å². The largest absolute Gasteiger partial charge is 0.459 e. The number of carbonyl (C=O) groups is 1. The average Bonchev–Trinajstić information content (AvgIpc) is 2.12. The number of fused-ring (bicyclic) bond motifs is 1. The monoisotopic (exact) mass is 258 g/mol. The number of hydrogen-bond donors (Lipinski definition) is 0. The zero-order valence-corrected chi connectivity index (χ0v) is 9.10. The van der Waals surface area contributed by atoms with Crippen molar-refractivity contribution in [3.05, 3.63) is 33.5 Å². The van der Waals surface area contributed by atoms with Crippen molar-refractivity contribution in [2.75, 3.05) is 0 Å². The molecule has 0 unspecified atom stereocenters. The number of benzene rings is 1. The molecule has 1 atom stereocenters. The number of halogens is 2. The molecule has 1 aliphatic heterocycles. The summed E-state index contributed by atoms with van der Waals surface area (Å²) in [6, 6.07) is 3.10. The van der Waals surface area contributed by atoms with Gasteiger partial charge in [-0.1, -0.05) is 0 Å². The molecule has 0 bridgehead atoms. The number of ether oxygens (including phenoxy) is 1. The van der Waals surface area contributed by atoms with Crippen LogP contribution in [0.4, 0.5) is 4.39 Å². The van der Waals surface area contributed by atoms with Gasteiger partial charge in [-0.15, -0.1) is 0 Å². The highest BCUT2D eigenvalue weighted by molar-refractivity contribution is 9.10. The molecule has 74 valence electrons. The minimum absolute atomic E-state index is 0.251. The first-order valence-electron chi connectivity index (χ1n) is 4.27. The molecule has 1 heterocycles. The Morgan fingerprint density at radius 2 is 2.29 bits per heavy atom. The molecule has 0 saturated heterocycles. The normalized spacial score (nSPS) is 20.2. The van der Waals surface area contributed by atoms with Gasteiger partial charge < -0.3 is 4.74 Å². The summed E-state index contributed by atoms with van der Waals surface area (Å²) in [5.41, 5.74) is 0.784. The predicted molar refractivity (Wildman–Crippen MR) is 52.7 cm³/mol. The van der Waals surface area contributed by atoms with Crippen LogP contribution in [0.1, 0.15) is 22.8 Å². The Hall–Kier alpha value is -0.900. The summed E-state index contributed by atoms with van der Waals surface area (Å²) >= 11 is 3.09. The van der Waals surface area contributed by atoms with Gasteiger partial charge in [-0.05, 0) is 35.0 Å². The third-order valence-corrected chi connectivity index (χ3v) is 2.83. The van der Waals surface area contributed by atoms with Crippen LogP contribution in [0.3, 0.4) is 0 Å². The Labute approximate surface area is 89.2 Å². The molecule has 0 N–H and O–H groups in total. The van der Waals surface area contributed by atoms with Crippen LogP contribution in [-0.2, 0) is 11.2 Å². The SMILES string of the molecule is C[C@H]1Cc2c(ccc(Br)c2F)C(=O)O1. The Morgan fingerprint density at radius 1 is 1.57 bits per heavy atom. The van der Waals surface area contributed by atoms with Crippen LogP contribution < -0.4 is 0 Å². The van der Waals surface area contributed by atoms with Crippen LogP contribution in [0, 0.1) is 5.82 Å². The van der Waals surface area contributed by atoms with Crippen molar-refractivity contribution in [1.82, 2.24) is 0 Å². The van der Waals surface area contributed by atoms with Gasteiger partial charge in [-0.2, -0.15) is 0 Å². The first kappa shape index (κ1) is 9.65. The molecule has 1 aromatic carbocycles. The summed E-state index contributed by atoms with van der Waals surface area (Å²) in [5, 5.41) is 0. The Kier molecular flexibility index (Phi) is 2.31. The van der Waals surface area contributed by atoms with Gasteiger partial charge in [0.05, 0.1) is 10.0 Å². The van der Waals surface area contributed by atoms with Crippen LogP contribution in [0.15, 0.2) is 16.6 Å². The zero-order valence-electron chi connectivity index (χ0n) is 7.51. The summed E-state index contributed by atoms with van der Waals surface area (Å²) in [7, 11) is 0.